The summed E-state index contributed by atoms with van der Waals surface area (Å²) in [6, 6.07) is 4.59. The summed E-state index contributed by atoms with van der Waals surface area (Å²) in [6.45, 7) is 11.4. The molecule has 29 heavy (non-hydrogen) atoms. The molecule has 4 heterocycles. The smallest absolute Gasteiger partial charge is 0.191 e. The Morgan fingerprint density at radius 3 is 2.69 bits per heavy atom. The molecule has 2 fully saturated rings. The van der Waals surface area contributed by atoms with E-state index in [-0.39, 0.29) is 0 Å². The van der Waals surface area contributed by atoms with Crippen molar-refractivity contribution in [2.45, 2.75) is 63.2 Å². The second kappa shape index (κ2) is 10.0. The van der Waals surface area contributed by atoms with Gasteiger partial charge in [-0.2, -0.15) is 0 Å². The van der Waals surface area contributed by atoms with Crippen molar-refractivity contribution in [1.82, 2.24) is 29.5 Å². The highest BCUT2D eigenvalue weighted by Crippen LogP contribution is 2.31. The van der Waals surface area contributed by atoms with Gasteiger partial charge in [-0.15, -0.1) is 10.2 Å². The Balaban J connectivity index is 1.40. The van der Waals surface area contributed by atoms with E-state index >= 15 is 0 Å². The Morgan fingerprint density at radius 1 is 1.10 bits per heavy atom. The van der Waals surface area contributed by atoms with E-state index in [1.54, 1.807) is 0 Å². The molecule has 0 spiro atoms. The van der Waals surface area contributed by atoms with Gasteiger partial charge in [0, 0.05) is 49.7 Å². The lowest BCUT2D eigenvalue weighted by atomic mass is 9.96. The SMILES string of the molecule is CC(C)n1c(SCCN2CCCC2)nnc1C1CCCN(Cc2cccnc2)C1. The van der Waals surface area contributed by atoms with Crippen LogP contribution < -0.4 is 0 Å². The minimum absolute atomic E-state index is 0.392. The summed E-state index contributed by atoms with van der Waals surface area (Å²) in [6.07, 6.45) is 8.95. The molecule has 2 aliphatic heterocycles. The Kier molecular flexibility index (Phi) is 7.21. The molecule has 0 N–H and O–H groups in total. The van der Waals surface area contributed by atoms with E-state index in [9.17, 15) is 0 Å². The molecule has 7 heteroatoms. The van der Waals surface area contributed by atoms with Crippen molar-refractivity contribution in [3.8, 4) is 0 Å². The minimum atomic E-state index is 0.392. The lowest BCUT2D eigenvalue weighted by Gasteiger charge is -2.32. The fourth-order valence-electron chi connectivity index (χ4n) is 4.58. The first-order valence-electron chi connectivity index (χ1n) is 11.1. The summed E-state index contributed by atoms with van der Waals surface area (Å²) >= 11 is 1.88. The van der Waals surface area contributed by atoms with Crippen LogP contribution in [0.2, 0.25) is 0 Å². The molecular formula is C22H34N6S. The zero-order valence-electron chi connectivity index (χ0n) is 17.8. The van der Waals surface area contributed by atoms with E-state index < -0.39 is 0 Å². The Hall–Kier alpha value is -1.44. The van der Waals surface area contributed by atoms with Crippen LogP contribution in [-0.2, 0) is 6.54 Å². The molecule has 2 aromatic heterocycles. The van der Waals surface area contributed by atoms with E-state index in [1.165, 1.54) is 50.2 Å². The van der Waals surface area contributed by atoms with Gasteiger partial charge in [0.25, 0.3) is 0 Å². The van der Waals surface area contributed by atoms with Crippen molar-refractivity contribution in [2.24, 2.45) is 0 Å². The summed E-state index contributed by atoms with van der Waals surface area (Å²) in [7, 11) is 0. The lowest BCUT2D eigenvalue weighted by molar-refractivity contribution is 0.193. The van der Waals surface area contributed by atoms with Gasteiger partial charge in [0.15, 0.2) is 5.16 Å². The first-order chi connectivity index (χ1) is 14.2. The zero-order valence-corrected chi connectivity index (χ0v) is 18.7. The number of piperidine rings is 1. The molecule has 2 aliphatic rings. The number of thioether (sulfide) groups is 1. The first kappa shape index (κ1) is 20.8. The molecule has 2 saturated heterocycles. The molecule has 6 nitrogen and oxygen atoms in total. The minimum Gasteiger partial charge on any atom is -0.303 e. The monoisotopic (exact) mass is 414 g/mol. The molecule has 0 aliphatic carbocycles. The standard InChI is InChI=1S/C22H34N6S/c1-18(2)28-21(24-25-22(28)29-14-13-26-10-3-4-11-26)20-8-6-12-27(17-20)16-19-7-5-9-23-15-19/h5,7,9,15,18,20H,3-4,6,8,10-14,16-17H2,1-2H3. The Morgan fingerprint density at radius 2 is 1.93 bits per heavy atom. The summed E-state index contributed by atoms with van der Waals surface area (Å²) in [5, 5.41) is 10.4. The molecule has 0 amide bonds. The van der Waals surface area contributed by atoms with Crippen molar-refractivity contribution < 1.29 is 0 Å². The summed E-state index contributed by atoms with van der Waals surface area (Å²) < 4.78 is 2.40. The molecule has 4 rings (SSSR count). The van der Waals surface area contributed by atoms with E-state index in [1.807, 2.05) is 30.2 Å². The molecule has 0 radical (unpaired) electrons. The van der Waals surface area contributed by atoms with E-state index in [4.69, 9.17) is 5.10 Å². The molecular weight excluding hydrogens is 380 g/mol. The number of nitrogens with zero attached hydrogens (tertiary/aromatic N) is 6. The fraction of sp³-hybridized carbons (Fsp3) is 0.682. The quantitative estimate of drug-likeness (QED) is 0.612. The van der Waals surface area contributed by atoms with Crippen LogP contribution in [-0.4, -0.2) is 68.0 Å². The van der Waals surface area contributed by atoms with Gasteiger partial charge in [0.1, 0.15) is 5.82 Å². The normalized spacial score (nSPS) is 21.3. The molecule has 0 aromatic carbocycles. The first-order valence-corrected chi connectivity index (χ1v) is 12.1. The number of aromatic nitrogens is 4. The predicted octanol–water partition coefficient (Wildman–Crippen LogP) is 3.82. The Bertz CT molecular complexity index is 756. The highest BCUT2D eigenvalue weighted by molar-refractivity contribution is 7.99. The van der Waals surface area contributed by atoms with Crippen molar-refractivity contribution in [1.29, 1.82) is 0 Å². The third-order valence-electron chi connectivity index (χ3n) is 6.04. The van der Waals surface area contributed by atoms with Crippen LogP contribution in [0, 0.1) is 0 Å². The number of hydrogen-bond acceptors (Lipinski definition) is 6. The Labute approximate surface area is 179 Å². The van der Waals surface area contributed by atoms with E-state index in [0.717, 1.165) is 37.1 Å². The van der Waals surface area contributed by atoms with Gasteiger partial charge in [-0.3, -0.25) is 9.88 Å². The van der Waals surface area contributed by atoms with Crippen molar-refractivity contribution in [3.63, 3.8) is 0 Å². The topological polar surface area (TPSA) is 50.1 Å². The maximum Gasteiger partial charge on any atom is 0.191 e. The highest BCUT2D eigenvalue weighted by atomic mass is 32.2. The number of likely N-dealkylation sites (tertiary alicyclic amines) is 2. The van der Waals surface area contributed by atoms with Gasteiger partial charge in [0.05, 0.1) is 0 Å². The van der Waals surface area contributed by atoms with Gasteiger partial charge in [-0.25, -0.2) is 0 Å². The van der Waals surface area contributed by atoms with Gasteiger partial charge >= 0.3 is 0 Å². The number of pyridine rings is 1. The van der Waals surface area contributed by atoms with Gasteiger partial charge in [-0.05, 0) is 70.8 Å². The lowest BCUT2D eigenvalue weighted by Crippen LogP contribution is -2.35. The van der Waals surface area contributed by atoms with Crippen molar-refractivity contribution in [2.75, 3.05) is 38.5 Å². The molecule has 158 valence electrons. The van der Waals surface area contributed by atoms with Crippen molar-refractivity contribution in [3.05, 3.63) is 35.9 Å². The summed E-state index contributed by atoms with van der Waals surface area (Å²) in [4.78, 5) is 9.38. The molecule has 0 saturated carbocycles. The van der Waals surface area contributed by atoms with E-state index in [0.29, 0.717) is 12.0 Å². The van der Waals surface area contributed by atoms with Crippen LogP contribution in [0.25, 0.3) is 0 Å². The number of rotatable bonds is 8. The highest BCUT2D eigenvalue weighted by Gasteiger charge is 2.28. The fourth-order valence-corrected chi connectivity index (χ4v) is 5.66. The average Bonchev–Trinajstić information content (AvgIpc) is 3.39. The summed E-state index contributed by atoms with van der Waals surface area (Å²) in [5.41, 5.74) is 1.29. The van der Waals surface area contributed by atoms with E-state index in [2.05, 4.69) is 44.4 Å². The molecule has 1 atom stereocenters. The van der Waals surface area contributed by atoms with Crippen LogP contribution in [0.1, 0.15) is 62.9 Å². The maximum absolute atomic E-state index is 4.69. The third kappa shape index (κ3) is 5.38. The molecule has 1 unspecified atom stereocenters. The molecule has 2 aromatic rings. The second-order valence-corrected chi connectivity index (χ2v) is 9.70. The molecule has 0 bridgehead atoms. The van der Waals surface area contributed by atoms with Gasteiger partial charge in [0.2, 0.25) is 0 Å². The largest absolute Gasteiger partial charge is 0.303 e. The van der Waals surface area contributed by atoms with Crippen LogP contribution in [0.5, 0.6) is 0 Å². The van der Waals surface area contributed by atoms with Crippen LogP contribution in [0.15, 0.2) is 29.7 Å². The van der Waals surface area contributed by atoms with Crippen molar-refractivity contribution >= 4 is 11.8 Å². The summed E-state index contributed by atoms with van der Waals surface area (Å²) in [5.74, 6) is 2.74. The maximum atomic E-state index is 4.69. The van der Waals surface area contributed by atoms with Crippen LogP contribution >= 0.6 is 11.8 Å². The second-order valence-electron chi connectivity index (χ2n) is 8.64. The zero-order chi connectivity index (χ0) is 20.1. The van der Waals surface area contributed by atoms with Gasteiger partial charge in [-0.1, -0.05) is 17.8 Å². The number of hydrogen-bond donors (Lipinski definition) is 0. The van der Waals surface area contributed by atoms with Gasteiger partial charge < -0.3 is 9.47 Å². The predicted molar refractivity (Wildman–Crippen MR) is 118 cm³/mol. The third-order valence-corrected chi connectivity index (χ3v) is 6.97. The van der Waals surface area contributed by atoms with Crippen LogP contribution in [0.4, 0.5) is 0 Å². The average molecular weight is 415 g/mol. The van der Waals surface area contributed by atoms with Crippen LogP contribution in [0.3, 0.4) is 0 Å².